The Kier molecular flexibility index (Phi) is 3.84. The quantitative estimate of drug-likeness (QED) is 0.555. The van der Waals surface area contributed by atoms with Crippen molar-refractivity contribution in [2.45, 2.75) is 39.5 Å². The lowest BCUT2D eigenvalue weighted by Crippen LogP contribution is -2.21. The molecule has 2 aliphatic carbocycles. The van der Waals surface area contributed by atoms with Crippen molar-refractivity contribution in [2.24, 2.45) is 0 Å². The van der Waals surface area contributed by atoms with Gasteiger partial charge in [-0.05, 0) is 39.5 Å². The van der Waals surface area contributed by atoms with Gasteiger partial charge in [0, 0.05) is 11.1 Å². The number of allylic oxidation sites excluding steroid dienone is 2. The van der Waals surface area contributed by atoms with E-state index in [-0.39, 0.29) is 25.2 Å². The topological polar surface area (TPSA) is 52.6 Å². The number of hydrogen-bond acceptors (Lipinski definition) is 4. The molecule has 0 heterocycles. The average Bonchev–Trinajstić information content (AvgIpc) is 2.30. The second kappa shape index (κ2) is 5.38. The predicted octanol–water partition coefficient (Wildman–Crippen LogP) is 2.29. The zero-order chi connectivity index (χ0) is 13.1. The van der Waals surface area contributed by atoms with Crippen LogP contribution in [0.25, 0.3) is 0 Å². The molecule has 0 fully saturated rings. The molecule has 0 unspecified atom stereocenters. The summed E-state index contributed by atoms with van der Waals surface area (Å²) < 4.78 is 10.1. The number of carbonyl (C=O) groups excluding carboxylic acids is 2. The molecule has 0 aliphatic heterocycles. The molecule has 0 aromatic rings. The summed E-state index contributed by atoms with van der Waals surface area (Å²) in [6, 6.07) is 0. The van der Waals surface area contributed by atoms with E-state index in [2.05, 4.69) is 0 Å². The van der Waals surface area contributed by atoms with Crippen LogP contribution in [-0.4, -0.2) is 25.2 Å². The van der Waals surface area contributed by atoms with E-state index in [0.717, 1.165) is 48.0 Å². The van der Waals surface area contributed by atoms with Crippen LogP contribution >= 0.6 is 0 Å². The molecule has 4 heteroatoms. The fraction of sp³-hybridized carbons (Fsp3) is 0.571. The van der Waals surface area contributed by atoms with Gasteiger partial charge in [-0.25, -0.2) is 9.59 Å². The van der Waals surface area contributed by atoms with Crippen molar-refractivity contribution in [3.8, 4) is 0 Å². The maximum atomic E-state index is 11.5. The molecule has 0 bridgehead atoms. The van der Waals surface area contributed by atoms with Crippen molar-refractivity contribution < 1.29 is 19.1 Å². The van der Waals surface area contributed by atoms with Gasteiger partial charge < -0.3 is 9.47 Å². The minimum absolute atomic E-state index is 0.133. The van der Waals surface area contributed by atoms with Crippen LogP contribution in [0.2, 0.25) is 0 Å². The number of rotatable bonds is 5. The van der Waals surface area contributed by atoms with Crippen molar-refractivity contribution >= 4 is 11.9 Å². The lowest BCUT2D eigenvalue weighted by molar-refractivity contribution is -0.148. The molecule has 0 atom stereocenters. The largest absolute Gasteiger partial charge is 0.459 e. The number of esters is 2. The van der Waals surface area contributed by atoms with Gasteiger partial charge in [-0.1, -0.05) is 11.1 Å². The van der Waals surface area contributed by atoms with Gasteiger partial charge >= 0.3 is 11.9 Å². The Hall–Kier alpha value is -1.58. The van der Waals surface area contributed by atoms with Crippen molar-refractivity contribution in [2.75, 3.05) is 13.2 Å². The summed E-state index contributed by atoms with van der Waals surface area (Å²) in [6.07, 6.45) is 3.56. The third kappa shape index (κ3) is 2.63. The SMILES string of the molecule is CC1=C(C(=O)OCCOC(=O)C2=C(C)CC2)CC1. The molecule has 4 nitrogen and oxygen atoms in total. The Bertz CT molecular complexity index is 401. The lowest BCUT2D eigenvalue weighted by Gasteiger charge is -2.20. The van der Waals surface area contributed by atoms with Crippen LogP contribution in [0.4, 0.5) is 0 Å². The molecule has 18 heavy (non-hydrogen) atoms. The zero-order valence-electron chi connectivity index (χ0n) is 10.9. The summed E-state index contributed by atoms with van der Waals surface area (Å²) in [6.45, 7) is 4.14. The zero-order valence-corrected chi connectivity index (χ0v) is 10.9. The van der Waals surface area contributed by atoms with Crippen LogP contribution < -0.4 is 0 Å². The van der Waals surface area contributed by atoms with Crippen LogP contribution in [0.1, 0.15) is 39.5 Å². The molecular formula is C14H18O4. The predicted molar refractivity (Wildman–Crippen MR) is 65.8 cm³/mol. The maximum Gasteiger partial charge on any atom is 0.334 e. The highest BCUT2D eigenvalue weighted by Gasteiger charge is 2.23. The first kappa shape index (κ1) is 12.9. The lowest BCUT2D eigenvalue weighted by atomic mass is 9.90. The number of carbonyl (C=O) groups is 2. The van der Waals surface area contributed by atoms with Crippen LogP contribution in [0.5, 0.6) is 0 Å². The third-order valence-electron chi connectivity index (χ3n) is 3.57. The second-order valence-electron chi connectivity index (χ2n) is 4.79. The molecule has 0 saturated heterocycles. The average molecular weight is 250 g/mol. The molecule has 0 amide bonds. The monoisotopic (exact) mass is 250 g/mol. The first-order chi connectivity index (χ1) is 8.59. The van der Waals surface area contributed by atoms with Crippen molar-refractivity contribution in [3.63, 3.8) is 0 Å². The minimum atomic E-state index is -0.270. The Morgan fingerprint density at radius 3 is 1.44 bits per heavy atom. The Balaban J connectivity index is 1.65. The van der Waals surface area contributed by atoms with Gasteiger partial charge in [0.1, 0.15) is 13.2 Å². The summed E-state index contributed by atoms with van der Waals surface area (Å²) in [4.78, 5) is 23.0. The standard InChI is InChI=1S/C14H18O4/c1-9-3-5-11(9)13(15)17-7-8-18-14(16)12-6-4-10(12)2/h3-8H2,1-2H3. The summed E-state index contributed by atoms with van der Waals surface area (Å²) in [5.74, 6) is -0.539. The highest BCUT2D eigenvalue weighted by Crippen LogP contribution is 2.28. The van der Waals surface area contributed by atoms with Crippen LogP contribution in [0.15, 0.2) is 22.3 Å². The Labute approximate surface area is 107 Å². The first-order valence-corrected chi connectivity index (χ1v) is 6.31. The van der Waals surface area contributed by atoms with Gasteiger partial charge in [-0.3, -0.25) is 0 Å². The molecule has 0 N–H and O–H groups in total. The smallest absolute Gasteiger partial charge is 0.334 e. The molecular weight excluding hydrogens is 232 g/mol. The first-order valence-electron chi connectivity index (χ1n) is 6.31. The highest BCUT2D eigenvalue weighted by atomic mass is 16.6. The molecule has 98 valence electrons. The van der Waals surface area contributed by atoms with Crippen LogP contribution in [-0.2, 0) is 19.1 Å². The number of hydrogen-bond donors (Lipinski definition) is 0. The summed E-state index contributed by atoms with van der Waals surface area (Å²) in [5.41, 5.74) is 3.76. The normalized spacial score (nSPS) is 18.1. The van der Waals surface area contributed by atoms with Gasteiger partial charge in [-0.2, -0.15) is 0 Å². The van der Waals surface area contributed by atoms with Gasteiger partial charge in [-0.15, -0.1) is 0 Å². The van der Waals surface area contributed by atoms with Crippen LogP contribution in [0.3, 0.4) is 0 Å². The summed E-state index contributed by atoms with van der Waals surface area (Å²) in [5, 5.41) is 0. The molecule has 0 aromatic carbocycles. The highest BCUT2D eigenvalue weighted by molar-refractivity contribution is 5.91. The summed E-state index contributed by atoms with van der Waals surface area (Å²) in [7, 11) is 0. The van der Waals surface area contributed by atoms with E-state index in [4.69, 9.17) is 9.47 Å². The van der Waals surface area contributed by atoms with E-state index >= 15 is 0 Å². The van der Waals surface area contributed by atoms with E-state index in [1.807, 2.05) is 13.8 Å². The second-order valence-corrected chi connectivity index (χ2v) is 4.79. The van der Waals surface area contributed by atoms with E-state index in [0.29, 0.717) is 0 Å². The molecule has 2 rings (SSSR count). The van der Waals surface area contributed by atoms with Gasteiger partial charge in [0.25, 0.3) is 0 Å². The molecule has 0 saturated carbocycles. The van der Waals surface area contributed by atoms with Crippen LogP contribution in [0, 0.1) is 0 Å². The van der Waals surface area contributed by atoms with Gasteiger partial charge in [0.2, 0.25) is 0 Å². The van der Waals surface area contributed by atoms with E-state index < -0.39 is 0 Å². The van der Waals surface area contributed by atoms with Crippen molar-refractivity contribution in [1.29, 1.82) is 0 Å². The fourth-order valence-corrected chi connectivity index (χ4v) is 2.00. The van der Waals surface area contributed by atoms with Gasteiger partial charge in [0.15, 0.2) is 0 Å². The fourth-order valence-electron chi connectivity index (χ4n) is 2.00. The summed E-state index contributed by atoms with van der Waals surface area (Å²) >= 11 is 0. The maximum absolute atomic E-state index is 11.5. The third-order valence-corrected chi connectivity index (χ3v) is 3.57. The minimum Gasteiger partial charge on any atom is -0.459 e. The Morgan fingerprint density at radius 1 is 0.833 bits per heavy atom. The number of ether oxygens (including phenoxy) is 2. The molecule has 0 spiro atoms. The molecule has 0 radical (unpaired) electrons. The van der Waals surface area contributed by atoms with E-state index in [1.54, 1.807) is 0 Å². The molecule has 2 aliphatic rings. The van der Waals surface area contributed by atoms with Crippen molar-refractivity contribution in [3.05, 3.63) is 22.3 Å². The van der Waals surface area contributed by atoms with E-state index in [9.17, 15) is 9.59 Å². The Morgan fingerprint density at radius 2 is 1.22 bits per heavy atom. The van der Waals surface area contributed by atoms with Crippen molar-refractivity contribution in [1.82, 2.24) is 0 Å². The molecule has 0 aromatic heterocycles. The van der Waals surface area contributed by atoms with Gasteiger partial charge in [0.05, 0.1) is 0 Å². The van der Waals surface area contributed by atoms with E-state index in [1.165, 1.54) is 0 Å².